The van der Waals surface area contributed by atoms with Gasteiger partial charge in [-0.2, -0.15) is 0 Å². The van der Waals surface area contributed by atoms with Crippen molar-refractivity contribution in [2.45, 2.75) is 79.4 Å². The molecule has 0 fully saturated rings. The highest BCUT2D eigenvalue weighted by Crippen LogP contribution is 2.30. The number of benzene rings is 1. The molecule has 0 spiro atoms. The molecule has 1 rings (SSSR count). The largest absolute Gasteiger partial charge is 0.468 e. The summed E-state index contributed by atoms with van der Waals surface area (Å²) in [6, 6.07) is 4.04. The van der Waals surface area contributed by atoms with Crippen LogP contribution < -0.4 is 14.8 Å². The zero-order chi connectivity index (χ0) is 26.5. The van der Waals surface area contributed by atoms with Crippen molar-refractivity contribution < 1.29 is 38.1 Å². The van der Waals surface area contributed by atoms with E-state index in [0.717, 1.165) is 12.8 Å². The first kappa shape index (κ1) is 30.1. The van der Waals surface area contributed by atoms with E-state index >= 15 is 0 Å². The van der Waals surface area contributed by atoms with E-state index in [9.17, 15) is 19.2 Å². The van der Waals surface area contributed by atoms with E-state index in [2.05, 4.69) is 5.32 Å². The lowest BCUT2D eigenvalue weighted by Gasteiger charge is -2.20. The molecule has 2 atom stereocenters. The predicted octanol–water partition coefficient (Wildman–Crippen LogP) is 3.61. The van der Waals surface area contributed by atoms with Crippen LogP contribution in [0.2, 0.25) is 0 Å². The second-order valence-electron chi connectivity index (χ2n) is 9.02. The Kier molecular flexibility index (Phi) is 13.0. The van der Waals surface area contributed by atoms with Crippen LogP contribution in [-0.2, 0) is 35.1 Å². The van der Waals surface area contributed by atoms with Gasteiger partial charge in [-0.15, -0.1) is 0 Å². The molecule has 0 heterocycles. The Hall–Kier alpha value is -2.94. The van der Waals surface area contributed by atoms with Crippen molar-refractivity contribution in [1.29, 1.82) is 0 Å². The van der Waals surface area contributed by atoms with E-state index in [1.54, 1.807) is 46.8 Å². The molecule has 196 valence electrons. The Labute approximate surface area is 207 Å². The molecule has 0 aliphatic rings. The van der Waals surface area contributed by atoms with E-state index in [0.29, 0.717) is 12.0 Å². The number of hydrogen-bond acceptors (Lipinski definition) is 9. The number of carbonyl (C=O) groups excluding carboxylic acids is 4. The zero-order valence-electron chi connectivity index (χ0n) is 21.8. The molecule has 0 aliphatic heterocycles. The normalized spacial score (nSPS) is 12.7. The Morgan fingerprint density at radius 1 is 0.886 bits per heavy atom. The van der Waals surface area contributed by atoms with Gasteiger partial charge in [0.25, 0.3) is 0 Å². The summed E-state index contributed by atoms with van der Waals surface area (Å²) in [7, 11) is 1.29. The van der Waals surface area contributed by atoms with Crippen LogP contribution in [0.1, 0.15) is 66.4 Å². The van der Waals surface area contributed by atoms with Gasteiger partial charge < -0.3 is 24.3 Å². The summed E-state index contributed by atoms with van der Waals surface area (Å²) < 4.78 is 21.1. The summed E-state index contributed by atoms with van der Waals surface area (Å²) in [5, 5.41) is 3.08. The summed E-state index contributed by atoms with van der Waals surface area (Å²) >= 11 is 0. The number of rotatable bonds is 14. The van der Waals surface area contributed by atoms with Gasteiger partial charge in [0, 0.05) is 13.0 Å². The molecule has 0 radical (unpaired) electrons. The van der Waals surface area contributed by atoms with Gasteiger partial charge in [0.15, 0.2) is 11.5 Å². The van der Waals surface area contributed by atoms with Crippen LogP contribution in [0.15, 0.2) is 18.2 Å². The first-order valence-electron chi connectivity index (χ1n) is 12.0. The highest BCUT2D eigenvalue weighted by atomic mass is 16.6. The first-order valence-corrected chi connectivity index (χ1v) is 12.0. The summed E-state index contributed by atoms with van der Waals surface area (Å²) in [5.74, 6) is -2.26. The second kappa shape index (κ2) is 15.1. The molecule has 9 nitrogen and oxygen atoms in total. The van der Waals surface area contributed by atoms with E-state index in [1.807, 2.05) is 6.92 Å². The van der Waals surface area contributed by atoms with Crippen LogP contribution in [0.5, 0.6) is 11.5 Å². The molecule has 35 heavy (non-hydrogen) atoms. The Morgan fingerprint density at radius 2 is 1.49 bits per heavy atom. The van der Waals surface area contributed by atoms with Gasteiger partial charge in [-0.25, -0.2) is 0 Å². The van der Waals surface area contributed by atoms with Crippen molar-refractivity contribution in [3.63, 3.8) is 0 Å². The topological polar surface area (TPSA) is 117 Å². The van der Waals surface area contributed by atoms with Crippen LogP contribution in [0.3, 0.4) is 0 Å². The first-order chi connectivity index (χ1) is 16.5. The molecule has 0 bridgehead atoms. The highest BCUT2D eigenvalue weighted by molar-refractivity contribution is 5.78. The third kappa shape index (κ3) is 10.9. The number of methoxy groups -OCH3 is 1. The van der Waals surface area contributed by atoms with Crippen molar-refractivity contribution >= 4 is 23.9 Å². The summed E-state index contributed by atoms with van der Waals surface area (Å²) in [4.78, 5) is 48.5. The molecule has 1 aromatic rings. The molecule has 1 unspecified atom stereocenters. The minimum Gasteiger partial charge on any atom is -0.468 e. The Balaban J connectivity index is 3.01. The minimum atomic E-state index is -0.741. The maximum Gasteiger partial charge on any atom is 0.323 e. The van der Waals surface area contributed by atoms with Gasteiger partial charge in [0.1, 0.15) is 12.1 Å². The maximum absolute atomic E-state index is 12.4. The second-order valence-corrected chi connectivity index (χ2v) is 9.02. The van der Waals surface area contributed by atoms with Gasteiger partial charge in [0.2, 0.25) is 0 Å². The Morgan fingerprint density at radius 3 is 2.03 bits per heavy atom. The number of nitrogens with one attached hydrogen (secondary N) is 1. The van der Waals surface area contributed by atoms with Crippen molar-refractivity contribution in [1.82, 2.24) is 5.32 Å². The summed E-state index contributed by atoms with van der Waals surface area (Å²) in [6.45, 7) is 10.8. The van der Waals surface area contributed by atoms with Crippen molar-refractivity contribution in [3.8, 4) is 11.5 Å². The smallest absolute Gasteiger partial charge is 0.323 e. The predicted molar refractivity (Wildman–Crippen MR) is 130 cm³/mol. The number of ether oxygens (including phenoxy) is 4. The van der Waals surface area contributed by atoms with E-state index < -0.39 is 36.0 Å². The highest BCUT2D eigenvalue weighted by Gasteiger charge is 2.23. The Bertz CT molecular complexity index is 865. The average molecular weight is 494 g/mol. The van der Waals surface area contributed by atoms with Gasteiger partial charge in [-0.05, 0) is 37.5 Å². The zero-order valence-corrected chi connectivity index (χ0v) is 21.8. The minimum absolute atomic E-state index is 0.0945. The maximum atomic E-state index is 12.4. The summed E-state index contributed by atoms with van der Waals surface area (Å²) in [6.07, 6.45) is 1.78. The van der Waals surface area contributed by atoms with Gasteiger partial charge >= 0.3 is 23.9 Å². The molecular weight excluding hydrogens is 454 g/mol. The monoisotopic (exact) mass is 493 g/mol. The van der Waals surface area contributed by atoms with Crippen LogP contribution in [0.4, 0.5) is 0 Å². The number of esters is 4. The van der Waals surface area contributed by atoms with Crippen LogP contribution in [-0.4, -0.2) is 49.7 Å². The van der Waals surface area contributed by atoms with Gasteiger partial charge in [0.05, 0.1) is 18.9 Å². The quantitative estimate of drug-likeness (QED) is 0.306. The third-order valence-electron chi connectivity index (χ3n) is 5.02. The van der Waals surface area contributed by atoms with Crippen molar-refractivity contribution in [3.05, 3.63) is 23.8 Å². The molecule has 1 N–H and O–H groups in total. The molecule has 0 saturated heterocycles. The van der Waals surface area contributed by atoms with Crippen LogP contribution >= 0.6 is 0 Å². The number of hydrogen-bond donors (Lipinski definition) is 1. The van der Waals surface area contributed by atoms with Crippen molar-refractivity contribution in [2.75, 3.05) is 13.7 Å². The lowest BCUT2D eigenvalue weighted by Crippen LogP contribution is -2.43. The fourth-order valence-corrected chi connectivity index (χ4v) is 2.87. The van der Waals surface area contributed by atoms with Gasteiger partial charge in [-0.3, -0.25) is 19.2 Å². The standard InChI is InChI=1S/C26H39NO8/c1-8-9-10-23(28)33-18(6)15-27-20(26(31)32-7)13-19-11-12-21(34-24(29)16(2)3)22(14-19)35-25(30)17(4)5/h11-12,14,16-18,20,27H,8-10,13,15H2,1-7H3/t18?,20-/m0/s1. The fraction of sp³-hybridized carbons (Fsp3) is 0.615. The summed E-state index contributed by atoms with van der Waals surface area (Å²) in [5.41, 5.74) is 0.649. The van der Waals surface area contributed by atoms with Gasteiger partial charge in [-0.1, -0.05) is 47.1 Å². The molecule has 0 aliphatic carbocycles. The average Bonchev–Trinajstić information content (AvgIpc) is 2.80. The number of unbranched alkanes of at least 4 members (excludes halogenated alkanes) is 1. The van der Waals surface area contributed by atoms with Crippen LogP contribution in [0, 0.1) is 11.8 Å². The molecule has 1 aromatic carbocycles. The SMILES string of the molecule is CCCCC(=O)OC(C)CN[C@@H](Cc1ccc(OC(=O)C(C)C)c(OC(=O)C(C)C)c1)C(=O)OC. The van der Waals surface area contributed by atoms with E-state index in [-0.39, 0.29) is 36.4 Å². The fourth-order valence-electron chi connectivity index (χ4n) is 2.87. The molecule has 0 aromatic heterocycles. The molecule has 9 heteroatoms. The van der Waals surface area contributed by atoms with E-state index in [1.165, 1.54) is 13.2 Å². The lowest BCUT2D eigenvalue weighted by atomic mass is 10.0. The van der Waals surface area contributed by atoms with Crippen LogP contribution in [0.25, 0.3) is 0 Å². The lowest BCUT2D eigenvalue weighted by molar-refractivity contribution is -0.148. The third-order valence-corrected chi connectivity index (χ3v) is 5.02. The number of carbonyl (C=O) groups is 4. The van der Waals surface area contributed by atoms with E-state index in [4.69, 9.17) is 18.9 Å². The molecule has 0 amide bonds. The van der Waals surface area contributed by atoms with Crippen molar-refractivity contribution in [2.24, 2.45) is 11.8 Å². The molecular formula is C26H39NO8. The molecule has 0 saturated carbocycles.